The van der Waals surface area contributed by atoms with Gasteiger partial charge in [0.25, 0.3) is 0 Å². The third kappa shape index (κ3) is 1.72. The molecule has 1 N–H and O–H groups in total. The SMILES string of the molecule is c1ccc(CN[C@@H]2C[C@H]3C[C@H]2[C@@H]2CCC[C@H]32)cc1. The number of benzene rings is 1. The van der Waals surface area contributed by atoms with Crippen LogP contribution >= 0.6 is 0 Å². The summed E-state index contributed by atoms with van der Waals surface area (Å²) >= 11 is 0. The van der Waals surface area contributed by atoms with Gasteiger partial charge in [-0.2, -0.15) is 0 Å². The van der Waals surface area contributed by atoms with E-state index in [2.05, 4.69) is 35.6 Å². The number of nitrogens with one attached hydrogen (secondary N) is 1. The summed E-state index contributed by atoms with van der Waals surface area (Å²) in [5.41, 5.74) is 1.43. The van der Waals surface area contributed by atoms with Crippen molar-refractivity contribution in [2.24, 2.45) is 23.7 Å². The summed E-state index contributed by atoms with van der Waals surface area (Å²) in [6.45, 7) is 1.06. The van der Waals surface area contributed by atoms with Crippen LogP contribution in [0.3, 0.4) is 0 Å². The fourth-order valence-corrected chi connectivity index (χ4v) is 5.15. The van der Waals surface area contributed by atoms with Crippen LogP contribution in [0, 0.1) is 23.7 Å². The molecule has 0 unspecified atom stereocenters. The molecule has 0 aromatic heterocycles. The van der Waals surface area contributed by atoms with Gasteiger partial charge in [-0.25, -0.2) is 0 Å². The van der Waals surface area contributed by atoms with E-state index >= 15 is 0 Å². The molecule has 0 radical (unpaired) electrons. The summed E-state index contributed by atoms with van der Waals surface area (Å²) in [5.74, 6) is 4.27. The minimum Gasteiger partial charge on any atom is -0.310 e. The van der Waals surface area contributed by atoms with Gasteiger partial charge in [-0.05, 0) is 54.9 Å². The van der Waals surface area contributed by atoms with Crippen LogP contribution in [0.5, 0.6) is 0 Å². The van der Waals surface area contributed by atoms with Crippen molar-refractivity contribution >= 4 is 0 Å². The highest BCUT2D eigenvalue weighted by molar-refractivity contribution is 5.15. The van der Waals surface area contributed by atoms with Crippen LogP contribution in [0.25, 0.3) is 0 Å². The van der Waals surface area contributed by atoms with Gasteiger partial charge in [0, 0.05) is 12.6 Å². The van der Waals surface area contributed by atoms with Gasteiger partial charge in [0.05, 0.1) is 0 Å². The summed E-state index contributed by atoms with van der Waals surface area (Å²) in [5, 5.41) is 3.84. The molecule has 3 aliphatic rings. The molecule has 0 heterocycles. The van der Waals surface area contributed by atoms with Crippen molar-refractivity contribution in [2.45, 2.75) is 44.7 Å². The van der Waals surface area contributed by atoms with E-state index in [1.807, 2.05) is 0 Å². The molecule has 0 amide bonds. The molecule has 1 aromatic carbocycles. The highest BCUT2D eigenvalue weighted by atomic mass is 14.9. The van der Waals surface area contributed by atoms with Crippen molar-refractivity contribution in [1.29, 1.82) is 0 Å². The largest absolute Gasteiger partial charge is 0.310 e. The van der Waals surface area contributed by atoms with Crippen molar-refractivity contribution < 1.29 is 0 Å². The minimum absolute atomic E-state index is 0.814. The van der Waals surface area contributed by atoms with Gasteiger partial charge >= 0.3 is 0 Å². The standard InChI is InChI=1S/C17H23N/c1-2-5-12(6-3-1)11-18-17-10-13-9-16(17)15-8-4-7-14(13)15/h1-3,5-6,13-18H,4,7-11H2/t13-,14-,15-,16+,17-/m1/s1. The van der Waals surface area contributed by atoms with Gasteiger partial charge in [-0.15, -0.1) is 0 Å². The van der Waals surface area contributed by atoms with Gasteiger partial charge < -0.3 is 5.32 Å². The number of hydrogen-bond donors (Lipinski definition) is 1. The predicted octanol–water partition coefficient (Wildman–Crippen LogP) is 3.60. The van der Waals surface area contributed by atoms with E-state index in [0.29, 0.717) is 0 Å². The predicted molar refractivity (Wildman–Crippen MR) is 74.1 cm³/mol. The molecule has 1 aromatic rings. The lowest BCUT2D eigenvalue weighted by Crippen LogP contribution is -2.38. The molecule has 5 atom stereocenters. The highest BCUT2D eigenvalue weighted by Gasteiger charge is 2.53. The zero-order chi connectivity index (χ0) is 11.9. The molecule has 3 fully saturated rings. The Hall–Kier alpha value is -0.820. The lowest BCUT2D eigenvalue weighted by atomic mass is 9.79. The van der Waals surface area contributed by atoms with Crippen LogP contribution in [0.15, 0.2) is 30.3 Å². The molecule has 96 valence electrons. The Labute approximate surface area is 110 Å². The second-order valence-corrected chi connectivity index (χ2v) is 6.63. The van der Waals surface area contributed by atoms with E-state index in [9.17, 15) is 0 Å². The van der Waals surface area contributed by atoms with Crippen LogP contribution in [-0.2, 0) is 6.54 Å². The van der Waals surface area contributed by atoms with E-state index in [1.165, 1.54) is 37.7 Å². The van der Waals surface area contributed by atoms with Gasteiger partial charge in [-0.3, -0.25) is 0 Å². The number of fused-ring (bicyclic) bond motifs is 5. The van der Waals surface area contributed by atoms with Crippen molar-refractivity contribution in [3.8, 4) is 0 Å². The monoisotopic (exact) mass is 241 g/mol. The molecular weight excluding hydrogens is 218 g/mol. The van der Waals surface area contributed by atoms with Crippen LogP contribution in [0.1, 0.15) is 37.7 Å². The fraction of sp³-hybridized carbons (Fsp3) is 0.647. The maximum absolute atomic E-state index is 3.84. The molecule has 0 saturated heterocycles. The van der Waals surface area contributed by atoms with E-state index in [4.69, 9.17) is 0 Å². The van der Waals surface area contributed by atoms with Gasteiger partial charge in [0.15, 0.2) is 0 Å². The van der Waals surface area contributed by atoms with Crippen LogP contribution in [0.2, 0.25) is 0 Å². The van der Waals surface area contributed by atoms with Crippen LogP contribution in [-0.4, -0.2) is 6.04 Å². The van der Waals surface area contributed by atoms with Crippen LogP contribution < -0.4 is 5.32 Å². The first-order valence-electron chi connectivity index (χ1n) is 7.69. The molecule has 3 saturated carbocycles. The van der Waals surface area contributed by atoms with Gasteiger partial charge in [0.1, 0.15) is 0 Å². The Bertz CT molecular complexity index is 413. The van der Waals surface area contributed by atoms with Gasteiger partial charge in [0.2, 0.25) is 0 Å². The molecule has 18 heavy (non-hydrogen) atoms. The maximum atomic E-state index is 3.84. The normalized spacial score (nSPS) is 41.2. The third-order valence-corrected chi connectivity index (χ3v) is 5.84. The smallest absolute Gasteiger partial charge is 0.0208 e. The zero-order valence-electron chi connectivity index (χ0n) is 11.0. The highest BCUT2D eigenvalue weighted by Crippen LogP contribution is 2.58. The number of hydrogen-bond acceptors (Lipinski definition) is 1. The van der Waals surface area contributed by atoms with Gasteiger partial charge in [-0.1, -0.05) is 36.8 Å². The fourth-order valence-electron chi connectivity index (χ4n) is 5.15. The van der Waals surface area contributed by atoms with Crippen molar-refractivity contribution in [1.82, 2.24) is 5.32 Å². The summed E-state index contributed by atoms with van der Waals surface area (Å²) in [7, 11) is 0. The topological polar surface area (TPSA) is 12.0 Å². The second-order valence-electron chi connectivity index (χ2n) is 6.63. The zero-order valence-corrected chi connectivity index (χ0v) is 11.0. The Balaban J connectivity index is 1.40. The quantitative estimate of drug-likeness (QED) is 0.852. The Morgan fingerprint density at radius 2 is 1.78 bits per heavy atom. The molecule has 0 spiro atoms. The number of rotatable bonds is 3. The minimum atomic E-state index is 0.814. The first-order chi connectivity index (χ1) is 8.92. The van der Waals surface area contributed by atoms with E-state index < -0.39 is 0 Å². The Kier molecular flexibility index (Phi) is 2.69. The summed E-state index contributed by atoms with van der Waals surface area (Å²) in [6.07, 6.45) is 7.56. The lowest BCUT2D eigenvalue weighted by Gasteiger charge is -2.32. The molecule has 2 bridgehead atoms. The van der Waals surface area contributed by atoms with E-state index in [-0.39, 0.29) is 0 Å². The van der Waals surface area contributed by atoms with Crippen molar-refractivity contribution in [3.05, 3.63) is 35.9 Å². The average molecular weight is 241 g/mol. The Morgan fingerprint density at radius 3 is 2.67 bits per heavy atom. The van der Waals surface area contributed by atoms with Crippen molar-refractivity contribution in [2.75, 3.05) is 0 Å². The summed E-state index contributed by atoms with van der Waals surface area (Å²) in [4.78, 5) is 0. The first kappa shape index (κ1) is 11.0. The molecule has 0 aliphatic heterocycles. The van der Waals surface area contributed by atoms with Crippen LogP contribution in [0.4, 0.5) is 0 Å². The molecule has 1 nitrogen and oxygen atoms in total. The molecule has 1 heteroatoms. The Morgan fingerprint density at radius 1 is 0.944 bits per heavy atom. The first-order valence-corrected chi connectivity index (χ1v) is 7.69. The second kappa shape index (κ2) is 4.38. The third-order valence-electron chi connectivity index (χ3n) is 5.84. The van der Waals surface area contributed by atoms with E-state index in [0.717, 1.165) is 36.3 Å². The van der Waals surface area contributed by atoms with E-state index in [1.54, 1.807) is 0 Å². The molecule has 4 rings (SSSR count). The maximum Gasteiger partial charge on any atom is 0.0208 e. The van der Waals surface area contributed by atoms with Crippen molar-refractivity contribution in [3.63, 3.8) is 0 Å². The average Bonchev–Trinajstić information content (AvgIpc) is 3.09. The lowest BCUT2D eigenvalue weighted by molar-refractivity contribution is 0.208. The molecule has 3 aliphatic carbocycles. The summed E-state index contributed by atoms with van der Waals surface area (Å²) in [6, 6.07) is 11.7. The molecular formula is C17H23N. The summed E-state index contributed by atoms with van der Waals surface area (Å²) < 4.78 is 0.